The van der Waals surface area contributed by atoms with Crippen molar-refractivity contribution in [3.05, 3.63) is 29.1 Å². The maximum absolute atomic E-state index is 13.5. The second-order valence-electron chi connectivity index (χ2n) is 3.78. The second kappa shape index (κ2) is 5.49. The SMILES string of the molecule is CCCCNc1cc(C(N)=O)cc(F)c1C. The number of amides is 1. The van der Waals surface area contributed by atoms with E-state index in [0.29, 0.717) is 11.3 Å². The number of anilines is 1. The van der Waals surface area contributed by atoms with E-state index in [9.17, 15) is 9.18 Å². The first-order valence-corrected chi connectivity index (χ1v) is 5.40. The first-order valence-electron chi connectivity index (χ1n) is 5.40. The molecule has 0 atom stereocenters. The molecule has 0 unspecified atom stereocenters. The minimum absolute atomic E-state index is 0.196. The van der Waals surface area contributed by atoms with Gasteiger partial charge in [-0.25, -0.2) is 4.39 Å². The molecule has 0 aromatic heterocycles. The zero-order valence-electron chi connectivity index (χ0n) is 9.64. The van der Waals surface area contributed by atoms with Crippen LogP contribution in [0.2, 0.25) is 0 Å². The van der Waals surface area contributed by atoms with E-state index in [2.05, 4.69) is 12.2 Å². The Morgan fingerprint density at radius 1 is 1.50 bits per heavy atom. The zero-order chi connectivity index (χ0) is 12.1. The van der Waals surface area contributed by atoms with Crippen LogP contribution in [0.15, 0.2) is 12.1 Å². The average molecular weight is 224 g/mol. The molecule has 4 heteroatoms. The van der Waals surface area contributed by atoms with Gasteiger partial charge in [-0.2, -0.15) is 0 Å². The second-order valence-corrected chi connectivity index (χ2v) is 3.78. The highest BCUT2D eigenvalue weighted by atomic mass is 19.1. The molecule has 0 radical (unpaired) electrons. The Bertz CT molecular complexity index is 391. The highest BCUT2D eigenvalue weighted by Gasteiger charge is 2.09. The maximum atomic E-state index is 13.5. The number of nitrogens with two attached hydrogens (primary N) is 1. The van der Waals surface area contributed by atoms with Crippen LogP contribution in [-0.2, 0) is 0 Å². The summed E-state index contributed by atoms with van der Waals surface area (Å²) in [5.74, 6) is -1.02. The van der Waals surface area contributed by atoms with Crippen molar-refractivity contribution in [2.24, 2.45) is 5.73 Å². The Morgan fingerprint density at radius 3 is 2.75 bits per heavy atom. The van der Waals surface area contributed by atoms with E-state index in [1.54, 1.807) is 13.0 Å². The Balaban J connectivity index is 2.93. The molecule has 0 bridgehead atoms. The number of hydrogen-bond acceptors (Lipinski definition) is 2. The van der Waals surface area contributed by atoms with Crippen molar-refractivity contribution in [1.82, 2.24) is 0 Å². The molecule has 0 aliphatic rings. The summed E-state index contributed by atoms with van der Waals surface area (Å²) in [6, 6.07) is 2.76. The van der Waals surface area contributed by atoms with Crippen LogP contribution in [0.25, 0.3) is 0 Å². The third-order valence-corrected chi connectivity index (χ3v) is 2.47. The number of nitrogens with one attached hydrogen (secondary N) is 1. The lowest BCUT2D eigenvalue weighted by Gasteiger charge is -2.11. The molecule has 0 saturated heterocycles. The summed E-state index contributed by atoms with van der Waals surface area (Å²) in [4.78, 5) is 11.0. The van der Waals surface area contributed by atoms with E-state index in [0.717, 1.165) is 19.4 Å². The van der Waals surface area contributed by atoms with Gasteiger partial charge >= 0.3 is 0 Å². The molecule has 1 aromatic rings. The number of unbranched alkanes of at least 4 members (excludes halogenated alkanes) is 1. The fourth-order valence-electron chi connectivity index (χ4n) is 1.40. The minimum Gasteiger partial charge on any atom is -0.385 e. The van der Waals surface area contributed by atoms with Crippen molar-refractivity contribution in [2.45, 2.75) is 26.7 Å². The van der Waals surface area contributed by atoms with E-state index in [1.807, 2.05) is 0 Å². The van der Waals surface area contributed by atoms with Gasteiger partial charge < -0.3 is 11.1 Å². The van der Waals surface area contributed by atoms with Crippen LogP contribution in [0.4, 0.5) is 10.1 Å². The lowest BCUT2D eigenvalue weighted by molar-refractivity contribution is 0.1000. The van der Waals surface area contributed by atoms with Gasteiger partial charge in [0.2, 0.25) is 5.91 Å². The molecule has 0 fully saturated rings. The molecule has 3 nitrogen and oxygen atoms in total. The quantitative estimate of drug-likeness (QED) is 0.755. The van der Waals surface area contributed by atoms with Crippen molar-refractivity contribution in [3.63, 3.8) is 0 Å². The number of primary amides is 1. The van der Waals surface area contributed by atoms with Crippen LogP contribution in [0.3, 0.4) is 0 Å². The molecule has 0 saturated carbocycles. The van der Waals surface area contributed by atoms with Crippen LogP contribution in [0, 0.1) is 12.7 Å². The monoisotopic (exact) mass is 224 g/mol. The highest BCUT2D eigenvalue weighted by Crippen LogP contribution is 2.20. The largest absolute Gasteiger partial charge is 0.385 e. The molecule has 0 aliphatic carbocycles. The number of halogens is 1. The Labute approximate surface area is 94.8 Å². The van der Waals surface area contributed by atoms with Crippen molar-refractivity contribution in [3.8, 4) is 0 Å². The summed E-state index contributed by atoms with van der Waals surface area (Å²) in [5.41, 5.74) is 6.48. The van der Waals surface area contributed by atoms with E-state index in [-0.39, 0.29) is 5.56 Å². The van der Waals surface area contributed by atoms with Gasteiger partial charge in [0, 0.05) is 23.4 Å². The number of benzene rings is 1. The van der Waals surface area contributed by atoms with E-state index in [1.165, 1.54) is 6.07 Å². The molecule has 88 valence electrons. The molecule has 1 amide bonds. The molecular formula is C12H17FN2O. The van der Waals surface area contributed by atoms with Gasteiger partial charge in [-0.1, -0.05) is 13.3 Å². The normalized spacial score (nSPS) is 10.2. The lowest BCUT2D eigenvalue weighted by atomic mass is 10.1. The zero-order valence-corrected chi connectivity index (χ0v) is 9.64. The van der Waals surface area contributed by atoms with Gasteiger partial charge in [0.15, 0.2) is 0 Å². The standard InChI is InChI=1S/C12H17FN2O/c1-3-4-5-15-11-7-9(12(14)16)6-10(13)8(11)2/h6-7,15H,3-5H2,1-2H3,(H2,14,16). The van der Waals surface area contributed by atoms with Crippen LogP contribution in [-0.4, -0.2) is 12.5 Å². The third-order valence-electron chi connectivity index (χ3n) is 2.47. The van der Waals surface area contributed by atoms with Gasteiger partial charge in [-0.15, -0.1) is 0 Å². The van der Waals surface area contributed by atoms with E-state index in [4.69, 9.17) is 5.73 Å². The maximum Gasteiger partial charge on any atom is 0.248 e. The third kappa shape index (κ3) is 2.95. The molecular weight excluding hydrogens is 207 g/mol. The predicted molar refractivity (Wildman–Crippen MR) is 63.1 cm³/mol. The Morgan fingerprint density at radius 2 is 2.19 bits per heavy atom. The van der Waals surface area contributed by atoms with Crippen molar-refractivity contribution < 1.29 is 9.18 Å². The smallest absolute Gasteiger partial charge is 0.248 e. The highest BCUT2D eigenvalue weighted by molar-refractivity contribution is 5.94. The van der Waals surface area contributed by atoms with Crippen molar-refractivity contribution in [1.29, 1.82) is 0 Å². The minimum atomic E-state index is -0.613. The number of hydrogen-bond donors (Lipinski definition) is 2. The average Bonchev–Trinajstić information content (AvgIpc) is 2.24. The molecule has 0 aliphatic heterocycles. The van der Waals surface area contributed by atoms with Crippen LogP contribution >= 0.6 is 0 Å². The molecule has 16 heavy (non-hydrogen) atoms. The molecule has 1 rings (SSSR count). The van der Waals surface area contributed by atoms with Crippen LogP contribution in [0.1, 0.15) is 35.7 Å². The van der Waals surface area contributed by atoms with Gasteiger partial charge in [0.05, 0.1) is 0 Å². The summed E-state index contributed by atoms with van der Waals surface area (Å²) in [6.07, 6.45) is 2.06. The topological polar surface area (TPSA) is 55.1 Å². The fourth-order valence-corrected chi connectivity index (χ4v) is 1.40. The predicted octanol–water partition coefficient (Wildman–Crippen LogP) is 2.45. The molecule has 0 spiro atoms. The first-order chi connectivity index (χ1) is 7.56. The number of rotatable bonds is 5. The van der Waals surface area contributed by atoms with Crippen molar-refractivity contribution in [2.75, 3.05) is 11.9 Å². The summed E-state index contributed by atoms with van der Waals surface area (Å²) >= 11 is 0. The molecule has 1 aromatic carbocycles. The van der Waals surface area contributed by atoms with Gasteiger partial charge in [0.1, 0.15) is 5.82 Å². The Kier molecular flexibility index (Phi) is 4.28. The Hall–Kier alpha value is -1.58. The summed E-state index contributed by atoms with van der Waals surface area (Å²) < 4.78 is 13.5. The number of carbonyl (C=O) groups is 1. The fraction of sp³-hybridized carbons (Fsp3) is 0.417. The molecule has 3 N–H and O–H groups in total. The van der Waals surface area contributed by atoms with Crippen LogP contribution < -0.4 is 11.1 Å². The lowest BCUT2D eigenvalue weighted by Crippen LogP contribution is -2.13. The van der Waals surface area contributed by atoms with E-state index >= 15 is 0 Å². The van der Waals surface area contributed by atoms with Crippen LogP contribution in [0.5, 0.6) is 0 Å². The number of carbonyl (C=O) groups excluding carboxylic acids is 1. The van der Waals surface area contributed by atoms with Crippen molar-refractivity contribution >= 4 is 11.6 Å². The molecule has 0 heterocycles. The van der Waals surface area contributed by atoms with Gasteiger partial charge in [-0.05, 0) is 25.5 Å². The van der Waals surface area contributed by atoms with Gasteiger partial charge in [0.25, 0.3) is 0 Å². The van der Waals surface area contributed by atoms with E-state index < -0.39 is 11.7 Å². The summed E-state index contributed by atoms with van der Waals surface area (Å²) in [6.45, 7) is 4.52. The summed E-state index contributed by atoms with van der Waals surface area (Å²) in [7, 11) is 0. The van der Waals surface area contributed by atoms with Gasteiger partial charge in [-0.3, -0.25) is 4.79 Å². The summed E-state index contributed by atoms with van der Waals surface area (Å²) in [5, 5.41) is 3.10. The first kappa shape index (κ1) is 12.5.